The number of hydrogen-bond donors (Lipinski definition) is 2. The molecule has 0 aliphatic rings. The monoisotopic (exact) mass is 406 g/mol. The molecule has 0 bridgehead atoms. The highest BCUT2D eigenvalue weighted by Crippen LogP contribution is 2.23. The highest BCUT2D eigenvalue weighted by Gasteiger charge is 2.31. The molecule has 0 aromatic heterocycles. The van der Waals surface area contributed by atoms with Crippen LogP contribution in [-0.4, -0.2) is 43.1 Å². The predicted octanol–water partition coefficient (Wildman–Crippen LogP) is 2.98. The van der Waals surface area contributed by atoms with Crippen molar-refractivity contribution in [3.05, 3.63) is 24.3 Å². The fourth-order valence-corrected chi connectivity index (χ4v) is 1.74. The zero-order valence-corrected chi connectivity index (χ0v) is 15.5. The number of hydrogen-bond acceptors (Lipinski definition) is 6. The molecule has 0 saturated heterocycles. The third-order valence-electron chi connectivity index (χ3n) is 2.73. The molecule has 0 fully saturated rings. The third-order valence-corrected chi connectivity index (χ3v) is 2.73. The Hall–Kier alpha value is -2.98. The summed E-state index contributed by atoms with van der Waals surface area (Å²) in [5.74, 6) is -1.84. The van der Waals surface area contributed by atoms with E-state index in [1.54, 1.807) is 20.8 Å². The Morgan fingerprint density at radius 2 is 1.64 bits per heavy atom. The topological polar surface area (TPSA) is 103 Å². The smallest absolute Gasteiger partial charge is 0.456 e. The molecule has 2 N–H and O–H groups in total. The van der Waals surface area contributed by atoms with Crippen molar-refractivity contribution in [2.24, 2.45) is 0 Å². The van der Waals surface area contributed by atoms with E-state index in [1.165, 1.54) is 12.1 Å². The molecule has 28 heavy (non-hydrogen) atoms. The molecule has 0 heterocycles. The van der Waals surface area contributed by atoms with Gasteiger partial charge in [0.1, 0.15) is 11.4 Å². The molecule has 0 spiro atoms. The minimum atomic E-state index is -4.81. The summed E-state index contributed by atoms with van der Waals surface area (Å²) in [6.07, 6.45) is -5.66. The van der Waals surface area contributed by atoms with Crippen molar-refractivity contribution >= 4 is 23.7 Å². The lowest BCUT2D eigenvalue weighted by atomic mass is 10.2. The zero-order valence-electron chi connectivity index (χ0n) is 15.5. The minimum Gasteiger partial charge on any atom is -0.456 e. The summed E-state index contributed by atoms with van der Waals surface area (Å²) in [7, 11) is 0. The Labute approximate surface area is 159 Å². The minimum absolute atomic E-state index is 0.0317. The SMILES string of the molecule is CC(C)(C)OC(=O)NCCC(=O)OCC(=O)Nc1ccc(OC(F)(F)F)cc1. The van der Waals surface area contributed by atoms with Crippen molar-refractivity contribution in [3.63, 3.8) is 0 Å². The third kappa shape index (κ3) is 10.9. The molecule has 0 atom stereocenters. The molecule has 156 valence electrons. The van der Waals surface area contributed by atoms with Gasteiger partial charge in [-0.05, 0) is 45.0 Å². The summed E-state index contributed by atoms with van der Waals surface area (Å²) < 4.78 is 49.6. The van der Waals surface area contributed by atoms with E-state index in [1.807, 2.05) is 0 Å². The molecule has 2 amide bonds. The molecular formula is C17H21F3N2O6. The van der Waals surface area contributed by atoms with Gasteiger partial charge in [0.05, 0.1) is 6.42 Å². The van der Waals surface area contributed by atoms with Gasteiger partial charge in [-0.1, -0.05) is 0 Å². The summed E-state index contributed by atoms with van der Waals surface area (Å²) in [5.41, 5.74) is -0.470. The van der Waals surface area contributed by atoms with Gasteiger partial charge >= 0.3 is 18.4 Å². The van der Waals surface area contributed by atoms with Gasteiger partial charge in [0.25, 0.3) is 5.91 Å². The van der Waals surface area contributed by atoms with Gasteiger partial charge < -0.3 is 24.8 Å². The Bertz CT molecular complexity index is 684. The van der Waals surface area contributed by atoms with Gasteiger partial charge in [-0.25, -0.2) is 4.79 Å². The van der Waals surface area contributed by atoms with Crippen LogP contribution in [0.3, 0.4) is 0 Å². The lowest BCUT2D eigenvalue weighted by Crippen LogP contribution is -2.34. The Balaban J connectivity index is 2.29. The van der Waals surface area contributed by atoms with Crippen LogP contribution < -0.4 is 15.4 Å². The fourth-order valence-electron chi connectivity index (χ4n) is 1.74. The Morgan fingerprint density at radius 3 is 2.18 bits per heavy atom. The first-order chi connectivity index (χ1) is 12.8. The second kappa shape index (κ2) is 9.81. The number of alkyl carbamates (subject to hydrolysis) is 1. The maximum atomic E-state index is 12.1. The molecule has 8 nitrogen and oxygen atoms in total. The number of amides is 2. The van der Waals surface area contributed by atoms with Crippen LogP contribution in [0.25, 0.3) is 0 Å². The van der Waals surface area contributed by atoms with Crippen molar-refractivity contribution < 1.29 is 41.8 Å². The molecule has 0 saturated carbocycles. The van der Waals surface area contributed by atoms with Crippen LogP contribution in [-0.2, 0) is 19.1 Å². The number of esters is 1. The predicted molar refractivity (Wildman–Crippen MR) is 91.6 cm³/mol. The van der Waals surface area contributed by atoms with Gasteiger partial charge in [0.15, 0.2) is 6.61 Å². The number of carbonyl (C=O) groups excluding carboxylic acids is 3. The van der Waals surface area contributed by atoms with Crippen molar-refractivity contribution in [2.75, 3.05) is 18.5 Å². The van der Waals surface area contributed by atoms with Crippen LogP contribution in [0.4, 0.5) is 23.7 Å². The van der Waals surface area contributed by atoms with Crippen molar-refractivity contribution in [1.82, 2.24) is 5.32 Å². The molecule has 0 unspecified atom stereocenters. The van der Waals surface area contributed by atoms with E-state index in [9.17, 15) is 27.6 Å². The second-order valence-electron chi connectivity index (χ2n) is 6.46. The zero-order chi connectivity index (χ0) is 21.4. The number of rotatable bonds is 7. The summed E-state index contributed by atoms with van der Waals surface area (Å²) in [6, 6.07) is 4.45. The fraction of sp³-hybridized carbons (Fsp3) is 0.471. The van der Waals surface area contributed by atoms with E-state index in [0.29, 0.717) is 0 Å². The van der Waals surface area contributed by atoms with E-state index in [-0.39, 0.29) is 18.7 Å². The van der Waals surface area contributed by atoms with E-state index >= 15 is 0 Å². The lowest BCUT2D eigenvalue weighted by molar-refractivity contribution is -0.274. The lowest BCUT2D eigenvalue weighted by Gasteiger charge is -2.19. The van der Waals surface area contributed by atoms with E-state index in [2.05, 4.69) is 15.4 Å². The summed E-state index contributed by atoms with van der Waals surface area (Å²) in [4.78, 5) is 34.6. The quantitative estimate of drug-likeness (QED) is 0.675. The van der Waals surface area contributed by atoms with Gasteiger partial charge in [-0.3, -0.25) is 9.59 Å². The summed E-state index contributed by atoms with van der Waals surface area (Å²) >= 11 is 0. The first-order valence-electron chi connectivity index (χ1n) is 8.12. The average molecular weight is 406 g/mol. The van der Waals surface area contributed by atoms with E-state index in [4.69, 9.17) is 9.47 Å². The second-order valence-corrected chi connectivity index (χ2v) is 6.46. The van der Waals surface area contributed by atoms with Crippen molar-refractivity contribution in [2.45, 2.75) is 39.2 Å². The van der Waals surface area contributed by atoms with Crippen LogP contribution in [0.1, 0.15) is 27.2 Å². The molecule has 1 rings (SSSR count). The van der Waals surface area contributed by atoms with Crippen LogP contribution >= 0.6 is 0 Å². The molecule has 0 aliphatic carbocycles. The highest BCUT2D eigenvalue weighted by molar-refractivity contribution is 5.92. The number of alkyl halides is 3. The van der Waals surface area contributed by atoms with Crippen LogP contribution in [0.2, 0.25) is 0 Å². The largest absolute Gasteiger partial charge is 0.573 e. The standard InChI is InChI=1S/C17H21F3N2O6/c1-16(2,3)28-15(25)21-9-8-14(24)26-10-13(23)22-11-4-6-12(7-5-11)27-17(18,19)20/h4-7H,8-10H2,1-3H3,(H,21,25)(H,22,23). The molecular weight excluding hydrogens is 385 g/mol. The molecule has 1 aromatic rings. The number of anilines is 1. The van der Waals surface area contributed by atoms with Crippen molar-refractivity contribution in [3.8, 4) is 5.75 Å². The summed E-state index contributed by atoms with van der Waals surface area (Å²) in [6.45, 7) is 4.45. The van der Waals surface area contributed by atoms with Crippen LogP contribution in [0.15, 0.2) is 24.3 Å². The van der Waals surface area contributed by atoms with Gasteiger partial charge in [0.2, 0.25) is 0 Å². The highest BCUT2D eigenvalue weighted by atomic mass is 19.4. The normalized spacial score (nSPS) is 11.4. The van der Waals surface area contributed by atoms with Crippen LogP contribution in [0, 0.1) is 0 Å². The number of carbonyl (C=O) groups is 3. The van der Waals surface area contributed by atoms with Gasteiger partial charge in [-0.15, -0.1) is 13.2 Å². The molecule has 11 heteroatoms. The number of nitrogens with one attached hydrogen (secondary N) is 2. The Kier molecular flexibility index (Phi) is 8.08. The molecule has 1 aromatic carbocycles. The van der Waals surface area contributed by atoms with Crippen LogP contribution in [0.5, 0.6) is 5.75 Å². The first kappa shape index (κ1) is 23.1. The average Bonchev–Trinajstić information content (AvgIpc) is 2.52. The van der Waals surface area contributed by atoms with Crippen molar-refractivity contribution in [1.29, 1.82) is 0 Å². The van der Waals surface area contributed by atoms with E-state index in [0.717, 1.165) is 12.1 Å². The first-order valence-corrected chi connectivity index (χ1v) is 8.12. The maximum Gasteiger partial charge on any atom is 0.573 e. The van der Waals surface area contributed by atoms with Gasteiger partial charge in [-0.2, -0.15) is 0 Å². The summed E-state index contributed by atoms with van der Waals surface area (Å²) in [5, 5.41) is 4.71. The van der Waals surface area contributed by atoms with E-state index < -0.39 is 42.3 Å². The molecule has 0 radical (unpaired) electrons. The maximum absolute atomic E-state index is 12.1. The molecule has 0 aliphatic heterocycles. The Morgan fingerprint density at radius 1 is 1.04 bits per heavy atom. The number of benzene rings is 1. The van der Waals surface area contributed by atoms with Gasteiger partial charge in [0, 0.05) is 12.2 Å². The number of ether oxygens (including phenoxy) is 3. The number of halogens is 3.